The minimum Gasteiger partial charge on any atom is -0.504 e. The minimum absolute atomic E-state index is 0.0273. The molecule has 4 rings (SSSR count). The maximum atomic E-state index is 13.2. The van der Waals surface area contributed by atoms with Crippen molar-refractivity contribution < 1.29 is 23.9 Å². The second-order valence-corrected chi connectivity index (χ2v) is 9.03. The van der Waals surface area contributed by atoms with Crippen LogP contribution in [-0.4, -0.2) is 52.5 Å². The summed E-state index contributed by atoms with van der Waals surface area (Å²) in [7, 11) is 1.48. The number of benzene rings is 2. The highest BCUT2D eigenvalue weighted by Crippen LogP contribution is 2.39. The van der Waals surface area contributed by atoms with E-state index in [2.05, 4.69) is 15.5 Å². The van der Waals surface area contributed by atoms with Crippen LogP contribution in [0.1, 0.15) is 50.3 Å². The number of amides is 2. The van der Waals surface area contributed by atoms with Crippen LogP contribution in [0.2, 0.25) is 0 Å². The number of carbonyl (C=O) groups is 1. The first kappa shape index (κ1) is 25.2. The molecular weight excluding hydrogens is 460 g/mol. The third-order valence-electron chi connectivity index (χ3n) is 6.04. The molecule has 9 nitrogen and oxygen atoms in total. The molecule has 0 aliphatic carbocycles. The average Bonchev–Trinajstić information content (AvgIpc) is 3.32. The van der Waals surface area contributed by atoms with Crippen molar-refractivity contribution in [3.8, 4) is 22.9 Å². The van der Waals surface area contributed by atoms with E-state index in [1.165, 1.54) is 7.11 Å². The predicted octanol–water partition coefficient (Wildman–Crippen LogP) is 5.07. The number of methoxy groups -OCH3 is 1. The summed E-state index contributed by atoms with van der Waals surface area (Å²) in [6.45, 7) is 8.83. The van der Waals surface area contributed by atoms with E-state index in [0.29, 0.717) is 53.9 Å². The fraction of sp³-hybridized carbons (Fsp3) is 0.370. The lowest BCUT2D eigenvalue weighted by atomic mass is 9.94. The Balaban J connectivity index is 1.74. The van der Waals surface area contributed by atoms with Gasteiger partial charge in [-0.05, 0) is 57.9 Å². The van der Waals surface area contributed by atoms with Crippen LogP contribution in [0.15, 0.2) is 52.7 Å². The van der Waals surface area contributed by atoms with Gasteiger partial charge in [-0.25, -0.2) is 4.79 Å². The first-order chi connectivity index (χ1) is 17.3. The van der Waals surface area contributed by atoms with E-state index in [1.807, 2.05) is 52.0 Å². The summed E-state index contributed by atoms with van der Waals surface area (Å²) in [6.07, 6.45) is 0.792. The molecule has 1 atom stereocenters. The number of phenolic OH excluding ortho intramolecular Hbond substituents is 1. The number of phenols is 1. The average molecular weight is 493 g/mol. The summed E-state index contributed by atoms with van der Waals surface area (Å²) < 4.78 is 16.6. The highest BCUT2D eigenvalue weighted by atomic mass is 16.5. The van der Waals surface area contributed by atoms with Crippen molar-refractivity contribution in [2.45, 2.75) is 46.3 Å². The van der Waals surface area contributed by atoms with Crippen LogP contribution in [0.5, 0.6) is 11.5 Å². The van der Waals surface area contributed by atoms with Gasteiger partial charge in [0.25, 0.3) is 5.89 Å². The van der Waals surface area contributed by atoms with Gasteiger partial charge >= 0.3 is 6.03 Å². The van der Waals surface area contributed by atoms with E-state index in [-0.39, 0.29) is 17.9 Å². The van der Waals surface area contributed by atoms with E-state index in [9.17, 15) is 9.90 Å². The van der Waals surface area contributed by atoms with Crippen molar-refractivity contribution in [1.29, 1.82) is 0 Å². The number of ether oxygens (including phenoxy) is 2. The van der Waals surface area contributed by atoms with Gasteiger partial charge in [-0.15, -0.1) is 0 Å². The fourth-order valence-electron chi connectivity index (χ4n) is 4.24. The number of hydrogen-bond acceptors (Lipinski definition) is 7. The molecule has 1 unspecified atom stereocenters. The number of aromatic hydroxyl groups is 1. The SMILES string of the molecule is COc1ccc(C2NC(=O)N(CCCOC(C)C)C(C)=C2c2nc(-c3cccc(C)c3)no2)cc1O. The molecule has 2 N–H and O–H groups in total. The molecular formula is C27H32N4O5. The Morgan fingerprint density at radius 1 is 1.19 bits per heavy atom. The molecule has 0 radical (unpaired) electrons. The van der Waals surface area contributed by atoms with Gasteiger partial charge in [-0.3, -0.25) is 4.90 Å². The van der Waals surface area contributed by atoms with Gasteiger partial charge in [0.05, 0.1) is 24.8 Å². The normalized spacial score (nSPS) is 16.0. The van der Waals surface area contributed by atoms with Crippen molar-refractivity contribution in [3.05, 3.63) is 65.2 Å². The molecule has 190 valence electrons. The van der Waals surface area contributed by atoms with Gasteiger partial charge < -0.3 is 24.4 Å². The molecule has 1 aliphatic rings. The summed E-state index contributed by atoms with van der Waals surface area (Å²) in [4.78, 5) is 19.5. The molecule has 2 aromatic carbocycles. The zero-order chi connectivity index (χ0) is 25.8. The lowest BCUT2D eigenvalue weighted by Crippen LogP contribution is -2.46. The summed E-state index contributed by atoms with van der Waals surface area (Å²) in [5, 5.41) is 17.7. The lowest BCUT2D eigenvalue weighted by molar-refractivity contribution is 0.0736. The Morgan fingerprint density at radius 3 is 2.69 bits per heavy atom. The molecule has 3 aromatic rings. The number of aromatic nitrogens is 2. The largest absolute Gasteiger partial charge is 0.504 e. The Labute approximate surface area is 210 Å². The highest BCUT2D eigenvalue weighted by molar-refractivity contribution is 5.87. The van der Waals surface area contributed by atoms with Gasteiger partial charge in [0.1, 0.15) is 0 Å². The molecule has 0 saturated carbocycles. The molecule has 0 spiro atoms. The molecule has 36 heavy (non-hydrogen) atoms. The van der Waals surface area contributed by atoms with E-state index in [4.69, 9.17) is 14.0 Å². The van der Waals surface area contributed by atoms with Gasteiger partial charge in [0, 0.05) is 24.4 Å². The Hall–Kier alpha value is -3.85. The maximum Gasteiger partial charge on any atom is 0.322 e. The number of aryl methyl sites for hydroxylation is 1. The Kier molecular flexibility index (Phi) is 7.59. The molecule has 2 heterocycles. The number of hydrogen-bond donors (Lipinski definition) is 2. The van der Waals surface area contributed by atoms with E-state index in [0.717, 1.165) is 11.1 Å². The van der Waals surface area contributed by atoms with Crippen LogP contribution < -0.4 is 10.1 Å². The quantitative estimate of drug-likeness (QED) is 0.401. The number of rotatable bonds is 9. The van der Waals surface area contributed by atoms with Gasteiger partial charge in [0.15, 0.2) is 11.5 Å². The summed E-state index contributed by atoms with van der Waals surface area (Å²) >= 11 is 0. The number of nitrogens with zero attached hydrogens (tertiary/aromatic N) is 3. The molecule has 0 fully saturated rings. The zero-order valence-electron chi connectivity index (χ0n) is 21.2. The Morgan fingerprint density at radius 2 is 2.00 bits per heavy atom. The predicted molar refractivity (Wildman–Crippen MR) is 135 cm³/mol. The smallest absolute Gasteiger partial charge is 0.322 e. The van der Waals surface area contributed by atoms with Gasteiger partial charge in [-0.2, -0.15) is 4.98 Å². The zero-order valence-corrected chi connectivity index (χ0v) is 21.2. The molecule has 0 bridgehead atoms. The third kappa shape index (κ3) is 5.36. The van der Waals surface area contributed by atoms with E-state index in [1.54, 1.807) is 23.1 Å². The van der Waals surface area contributed by atoms with Crippen LogP contribution in [0.25, 0.3) is 17.0 Å². The van der Waals surface area contributed by atoms with E-state index < -0.39 is 6.04 Å². The Bertz CT molecular complexity index is 1270. The van der Waals surface area contributed by atoms with Crippen molar-refractivity contribution >= 4 is 11.6 Å². The van der Waals surface area contributed by atoms with Gasteiger partial charge in [0.2, 0.25) is 5.82 Å². The van der Waals surface area contributed by atoms with E-state index >= 15 is 0 Å². The third-order valence-corrected chi connectivity index (χ3v) is 6.04. The van der Waals surface area contributed by atoms with Crippen LogP contribution in [0.4, 0.5) is 4.79 Å². The fourth-order valence-corrected chi connectivity index (χ4v) is 4.24. The number of carbonyl (C=O) groups excluding carboxylic acids is 1. The summed E-state index contributed by atoms with van der Waals surface area (Å²) in [6, 6.07) is 12.0. The molecule has 1 aromatic heterocycles. The monoisotopic (exact) mass is 492 g/mol. The molecule has 0 saturated heterocycles. The van der Waals surface area contributed by atoms with Crippen molar-refractivity contribution in [1.82, 2.24) is 20.4 Å². The van der Waals surface area contributed by atoms with Crippen LogP contribution in [-0.2, 0) is 4.74 Å². The number of urea groups is 1. The molecule has 1 aliphatic heterocycles. The lowest BCUT2D eigenvalue weighted by Gasteiger charge is -2.35. The van der Waals surface area contributed by atoms with Crippen molar-refractivity contribution in [2.75, 3.05) is 20.3 Å². The van der Waals surface area contributed by atoms with Crippen LogP contribution in [0.3, 0.4) is 0 Å². The second-order valence-electron chi connectivity index (χ2n) is 9.03. The first-order valence-electron chi connectivity index (χ1n) is 12.0. The molecule has 2 amide bonds. The first-order valence-corrected chi connectivity index (χ1v) is 12.0. The number of nitrogens with one attached hydrogen (secondary N) is 1. The van der Waals surface area contributed by atoms with Crippen LogP contribution >= 0.6 is 0 Å². The molecule has 9 heteroatoms. The maximum absolute atomic E-state index is 13.2. The second kappa shape index (κ2) is 10.8. The standard InChI is InChI=1S/C27H32N4O5/c1-16(2)35-13-7-12-31-18(4)23(26-29-25(30-36-26)20-9-6-8-17(3)14-20)24(28-27(31)33)19-10-11-22(34-5)21(32)15-19/h6,8-11,14-16,24,32H,7,12-13H2,1-5H3,(H,28,33). The van der Waals surface area contributed by atoms with Crippen molar-refractivity contribution in [3.63, 3.8) is 0 Å². The van der Waals surface area contributed by atoms with Crippen molar-refractivity contribution in [2.24, 2.45) is 0 Å². The van der Waals surface area contributed by atoms with Crippen LogP contribution in [0, 0.1) is 6.92 Å². The van der Waals surface area contributed by atoms with Gasteiger partial charge in [-0.1, -0.05) is 35.0 Å². The summed E-state index contributed by atoms with van der Waals surface area (Å²) in [5.74, 6) is 1.07. The highest BCUT2D eigenvalue weighted by Gasteiger charge is 2.36. The summed E-state index contributed by atoms with van der Waals surface area (Å²) in [5.41, 5.74) is 3.94. The minimum atomic E-state index is -0.608. The topological polar surface area (TPSA) is 110 Å². The number of allylic oxidation sites excluding steroid dienone is 1.